The van der Waals surface area contributed by atoms with E-state index in [1.54, 1.807) is 0 Å². The molecule has 0 bridgehead atoms. The predicted molar refractivity (Wildman–Crippen MR) is 84.6 cm³/mol. The zero-order chi connectivity index (χ0) is 15.2. The van der Waals surface area contributed by atoms with E-state index in [-0.39, 0.29) is 11.8 Å². The van der Waals surface area contributed by atoms with Gasteiger partial charge in [0.2, 0.25) is 5.91 Å². The second-order valence-corrected chi connectivity index (χ2v) is 5.61. The molecular formula is C15H25N5O. The number of carbonyl (C=O) groups excluding carboxylic acids is 1. The van der Waals surface area contributed by atoms with Crippen LogP contribution in [0.3, 0.4) is 0 Å². The highest BCUT2D eigenvalue weighted by molar-refractivity contribution is 5.81. The molecule has 0 radical (unpaired) electrons. The molecule has 116 valence electrons. The first kappa shape index (κ1) is 15.5. The Morgan fingerprint density at radius 1 is 1.24 bits per heavy atom. The molecule has 0 spiro atoms. The molecule has 0 saturated carbocycles. The number of hydrogen-bond donors (Lipinski definition) is 2. The first-order valence-electron chi connectivity index (χ1n) is 7.73. The molecule has 6 nitrogen and oxygen atoms in total. The summed E-state index contributed by atoms with van der Waals surface area (Å²) in [5, 5.41) is 6.44. The van der Waals surface area contributed by atoms with Crippen LogP contribution in [0.15, 0.2) is 6.33 Å². The molecule has 2 N–H and O–H groups in total. The molecule has 21 heavy (non-hydrogen) atoms. The third-order valence-electron chi connectivity index (χ3n) is 3.67. The lowest BCUT2D eigenvalue weighted by molar-refractivity contribution is -0.128. The molecule has 6 heteroatoms. The van der Waals surface area contributed by atoms with Crippen LogP contribution in [0.1, 0.15) is 45.1 Å². The molecule has 1 saturated heterocycles. The summed E-state index contributed by atoms with van der Waals surface area (Å²) in [6.07, 6.45) is 3.76. The van der Waals surface area contributed by atoms with Crippen LogP contribution in [-0.4, -0.2) is 47.0 Å². The summed E-state index contributed by atoms with van der Waals surface area (Å²) in [6.45, 7) is 9.11. The summed E-state index contributed by atoms with van der Waals surface area (Å²) in [7, 11) is 0. The van der Waals surface area contributed by atoms with Crippen LogP contribution >= 0.6 is 0 Å². The van der Waals surface area contributed by atoms with Crippen LogP contribution in [0.25, 0.3) is 0 Å². The summed E-state index contributed by atoms with van der Waals surface area (Å²) in [6, 6.07) is 0. The van der Waals surface area contributed by atoms with Crippen molar-refractivity contribution in [3.63, 3.8) is 0 Å². The van der Waals surface area contributed by atoms with Crippen molar-refractivity contribution >= 4 is 17.5 Å². The maximum Gasteiger partial charge on any atom is 0.241 e. The molecule has 1 fully saturated rings. The quantitative estimate of drug-likeness (QED) is 0.839. The van der Waals surface area contributed by atoms with Gasteiger partial charge in [-0.25, -0.2) is 9.97 Å². The van der Waals surface area contributed by atoms with E-state index in [0.717, 1.165) is 49.7 Å². The van der Waals surface area contributed by atoms with Crippen molar-refractivity contribution in [1.29, 1.82) is 0 Å². The van der Waals surface area contributed by atoms with Gasteiger partial charge in [0.15, 0.2) is 0 Å². The second kappa shape index (κ2) is 7.24. The fourth-order valence-corrected chi connectivity index (χ4v) is 2.63. The number of amides is 1. The largest absolute Gasteiger partial charge is 0.370 e. The second-order valence-electron chi connectivity index (χ2n) is 5.61. The van der Waals surface area contributed by atoms with Gasteiger partial charge in [0, 0.05) is 25.2 Å². The van der Waals surface area contributed by atoms with Gasteiger partial charge in [-0.15, -0.1) is 0 Å². The SMILES string of the molecule is CCNc1ncnc(NCC(=O)N2CCCC2)c1C(C)C. The number of hydrogen-bond acceptors (Lipinski definition) is 5. The zero-order valence-corrected chi connectivity index (χ0v) is 13.1. The lowest BCUT2D eigenvalue weighted by Gasteiger charge is -2.19. The lowest BCUT2D eigenvalue weighted by atomic mass is 10.0. The predicted octanol–water partition coefficient (Wildman–Crippen LogP) is 2.07. The maximum absolute atomic E-state index is 12.1. The molecule has 2 rings (SSSR count). The van der Waals surface area contributed by atoms with Crippen molar-refractivity contribution in [2.24, 2.45) is 0 Å². The van der Waals surface area contributed by atoms with Crippen LogP contribution in [0, 0.1) is 0 Å². The molecule has 0 unspecified atom stereocenters. The molecule has 0 atom stereocenters. The van der Waals surface area contributed by atoms with Crippen LogP contribution in [0.4, 0.5) is 11.6 Å². The summed E-state index contributed by atoms with van der Waals surface area (Å²) in [4.78, 5) is 22.6. The number of likely N-dealkylation sites (tertiary alicyclic amines) is 1. The molecule has 1 amide bonds. The number of nitrogens with zero attached hydrogens (tertiary/aromatic N) is 3. The average Bonchev–Trinajstić information content (AvgIpc) is 2.99. The van der Waals surface area contributed by atoms with E-state index in [0.29, 0.717) is 6.54 Å². The summed E-state index contributed by atoms with van der Waals surface area (Å²) < 4.78 is 0. The van der Waals surface area contributed by atoms with E-state index in [1.807, 2.05) is 11.8 Å². The fraction of sp³-hybridized carbons (Fsp3) is 0.667. The van der Waals surface area contributed by atoms with Gasteiger partial charge >= 0.3 is 0 Å². The minimum absolute atomic E-state index is 0.144. The number of carbonyl (C=O) groups is 1. The van der Waals surface area contributed by atoms with E-state index >= 15 is 0 Å². The molecule has 1 aliphatic rings. The highest BCUT2D eigenvalue weighted by atomic mass is 16.2. The van der Waals surface area contributed by atoms with Gasteiger partial charge < -0.3 is 15.5 Å². The summed E-state index contributed by atoms with van der Waals surface area (Å²) >= 11 is 0. The molecule has 1 aromatic heterocycles. The first-order valence-corrected chi connectivity index (χ1v) is 7.73. The van der Waals surface area contributed by atoms with Gasteiger partial charge in [0.1, 0.15) is 18.0 Å². The van der Waals surface area contributed by atoms with E-state index < -0.39 is 0 Å². The number of nitrogens with one attached hydrogen (secondary N) is 2. The Morgan fingerprint density at radius 3 is 2.43 bits per heavy atom. The van der Waals surface area contributed by atoms with Crippen molar-refractivity contribution in [3.05, 3.63) is 11.9 Å². The Morgan fingerprint density at radius 2 is 1.86 bits per heavy atom. The Balaban J connectivity index is 2.08. The molecule has 0 aromatic carbocycles. The van der Waals surface area contributed by atoms with Crippen LogP contribution in [0.5, 0.6) is 0 Å². The topological polar surface area (TPSA) is 70.1 Å². The normalized spacial score (nSPS) is 14.6. The zero-order valence-electron chi connectivity index (χ0n) is 13.1. The lowest BCUT2D eigenvalue weighted by Crippen LogP contribution is -2.33. The Hall–Kier alpha value is -1.85. The monoisotopic (exact) mass is 291 g/mol. The van der Waals surface area contributed by atoms with Crippen LogP contribution in [-0.2, 0) is 4.79 Å². The first-order chi connectivity index (χ1) is 10.1. The van der Waals surface area contributed by atoms with Crippen molar-refractivity contribution < 1.29 is 4.79 Å². The van der Waals surface area contributed by atoms with Gasteiger partial charge in [-0.3, -0.25) is 4.79 Å². The van der Waals surface area contributed by atoms with E-state index in [4.69, 9.17) is 0 Å². The van der Waals surface area contributed by atoms with Crippen LogP contribution in [0.2, 0.25) is 0 Å². The van der Waals surface area contributed by atoms with E-state index in [1.165, 1.54) is 6.33 Å². The Labute approximate surface area is 126 Å². The number of aromatic nitrogens is 2. The van der Waals surface area contributed by atoms with Crippen molar-refractivity contribution in [2.45, 2.75) is 39.5 Å². The number of rotatable bonds is 6. The van der Waals surface area contributed by atoms with Crippen molar-refractivity contribution in [2.75, 3.05) is 36.8 Å². The maximum atomic E-state index is 12.1. The van der Waals surface area contributed by atoms with E-state index in [2.05, 4.69) is 34.4 Å². The standard InChI is InChI=1S/C15H25N5O/c1-4-16-14-13(11(2)3)15(19-10-18-14)17-9-12(21)20-7-5-6-8-20/h10-11H,4-9H2,1-3H3,(H2,16,17,18,19). The van der Waals surface area contributed by atoms with E-state index in [9.17, 15) is 4.79 Å². The molecular weight excluding hydrogens is 266 g/mol. The molecule has 1 aliphatic heterocycles. The summed E-state index contributed by atoms with van der Waals surface area (Å²) in [5.41, 5.74) is 1.04. The molecule has 2 heterocycles. The third kappa shape index (κ3) is 3.83. The third-order valence-corrected chi connectivity index (χ3v) is 3.67. The minimum Gasteiger partial charge on any atom is -0.370 e. The van der Waals surface area contributed by atoms with Gasteiger partial charge in [-0.2, -0.15) is 0 Å². The highest BCUT2D eigenvalue weighted by Gasteiger charge is 2.19. The minimum atomic E-state index is 0.144. The fourth-order valence-electron chi connectivity index (χ4n) is 2.63. The van der Waals surface area contributed by atoms with Crippen LogP contribution < -0.4 is 10.6 Å². The Bertz CT molecular complexity index is 483. The van der Waals surface area contributed by atoms with Crippen molar-refractivity contribution in [1.82, 2.24) is 14.9 Å². The van der Waals surface area contributed by atoms with Gasteiger partial charge in [0.05, 0.1) is 6.54 Å². The average molecular weight is 291 g/mol. The summed E-state index contributed by atoms with van der Waals surface area (Å²) in [5.74, 6) is 2.03. The van der Waals surface area contributed by atoms with Crippen molar-refractivity contribution in [3.8, 4) is 0 Å². The molecule has 1 aromatic rings. The smallest absolute Gasteiger partial charge is 0.241 e. The van der Waals surface area contributed by atoms with Gasteiger partial charge in [0.25, 0.3) is 0 Å². The molecule has 0 aliphatic carbocycles. The number of anilines is 2. The Kier molecular flexibility index (Phi) is 5.36. The van der Waals surface area contributed by atoms with Gasteiger partial charge in [-0.05, 0) is 25.7 Å². The van der Waals surface area contributed by atoms with Gasteiger partial charge in [-0.1, -0.05) is 13.8 Å². The highest BCUT2D eigenvalue weighted by Crippen LogP contribution is 2.28.